The third-order valence-electron chi connectivity index (χ3n) is 3.40. The van der Waals surface area contributed by atoms with Crippen LogP contribution >= 0.6 is 0 Å². The summed E-state index contributed by atoms with van der Waals surface area (Å²) in [5, 5.41) is 23.9. The molecule has 0 radical (unpaired) electrons. The highest BCUT2D eigenvalue weighted by atomic mass is 19.2. The van der Waals surface area contributed by atoms with Gasteiger partial charge in [-0.2, -0.15) is 0 Å². The third kappa shape index (κ3) is 4.70. The molecule has 0 saturated carbocycles. The van der Waals surface area contributed by atoms with Crippen LogP contribution in [0.2, 0.25) is 0 Å². The molecule has 0 aliphatic rings. The van der Waals surface area contributed by atoms with Gasteiger partial charge in [-0.3, -0.25) is 0 Å². The van der Waals surface area contributed by atoms with Gasteiger partial charge in [-0.1, -0.05) is 11.2 Å². The van der Waals surface area contributed by atoms with Crippen molar-refractivity contribution in [3.05, 3.63) is 52.5 Å². The van der Waals surface area contributed by atoms with Gasteiger partial charge in [0.25, 0.3) is 0 Å². The molecule has 140 valence electrons. The zero-order chi connectivity index (χ0) is 19.3. The fourth-order valence-electron chi connectivity index (χ4n) is 2.08. The Morgan fingerprint density at radius 2 is 2.00 bits per heavy atom. The van der Waals surface area contributed by atoms with E-state index >= 15 is 0 Å². The van der Waals surface area contributed by atoms with Gasteiger partial charge >= 0.3 is 0 Å². The molecular formula is C17H18F3N3O3. The molecule has 3 N–H and O–H groups in total. The number of aryl methyl sites for hydroxylation is 2. The number of halogens is 3. The van der Waals surface area contributed by atoms with E-state index < -0.39 is 30.2 Å². The molecule has 1 aromatic heterocycles. The van der Waals surface area contributed by atoms with Crippen molar-refractivity contribution < 1.29 is 28.2 Å². The topological polar surface area (TPSA) is 87.0 Å². The number of pyridine rings is 1. The first-order valence-corrected chi connectivity index (χ1v) is 7.65. The van der Waals surface area contributed by atoms with Crippen LogP contribution < -0.4 is 5.32 Å². The molecule has 2 aromatic rings. The molecule has 0 saturated heterocycles. The zero-order valence-corrected chi connectivity index (χ0v) is 14.1. The summed E-state index contributed by atoms with van der Waals surface area (Å²) in [7, 11) is 0. The molecule has 6 nitrogen and oxygen atoms in total. The van der Waals surface area contributed by atoms with Crippen molar-refractivity contribution in [3.63, 3.8) is 0 Å². The van der Waals surface area contributed by atoms with Crippen LogP contribution in [0.4, 0.5) is 24.7 Å². The van der Waals surface area contributed by atoms with Gasteiger partial charge in [0.1, 0.15) is 18.5 Å². The molecule has 1 heterocycles. The minimum absolute atomic E-state index is 0.123. The van der Waals surface area contributed by atoms with Gasteiger partial charge in [-0.15, -0.1) is 0 Å². The largest absolute Gasteiger partial charge is 0.394 e. The summed E-state index contributed by atoms with van der Waals surface area (Å²) in [5.74, 6) is -4.18. The molecule has 1 aromatic carbocycles. The molecule has 0 aliphatic carbocycles. The second-order valence-corrected chi connectivity index (χ2v) is 5.62. The maximum absolute atomic E-state index is 14.2. The van der Waals surface area contributed by atoms with E-state index in [2.05, 4.69) is 15.5 Å². The molecule has 0 bridgehead atoms. The number of anilines is 2. The van der Waals surface area contributed by atoms with Crippen LogP contribution in [-0.2, 0) is 4.84 Å². The molecule has 9 heteroatoms. The van der Waals surface area contributed by atoms with Gasteiger partial charge in [0.2, 0.25) is 0 Å². The Hall–Kier alpha value is -2.65. The third-order valence-corrected chi connectivity index (χ3v) is 3.40. The summed E-state index contributed by atoms with van der Waals surface area (Å²) in [6.07, 6.45) is 1.35. The van der Waals surface area contributed by atoms with E-state index in [1.807, 2.05) is 6.92 Å². The minimum Gasteiger partial charge on any atom is -0.394 e. The fourth-order valence-corrected chi connectivity index (χ4v) is 2.08. The van der Waals surface area contributed by atoms with Gasteiger partial charge in [0.15, 0.2) is 17.5 Å². The molecule has 0 spiro atoms. The Bertz CT molecular complexity index is 816. The molecule has 0 fully saturated rings. The summed E-state index contributed by atoms with van der Waals surface area (Å²) >= 11 is 0. The monoisotopic (exact) mass is 369 g/mol. The van der Waals surface area contributed by atoms with E-state index in [4.69, 9.17) is 15.1 Å². The lowest BCUT2D eigenvalue weighted by atomic mass is 10.1. The molecule has 0 amide bonds. The van der Waals surface area contributed by atoms with Crippen LogP contribution in [0.25, 0.3) is 0 Å². The van der Waals surface area contributed by atoms with Crippen LogP contribution in [-0.4, -0.2) is 40.7 Å². The predicted octanol–water partition coefficient (Wildman–Crippen LogP) is 2.56. The Kier molecular flexibility index (Phi) is 6.53. The molecule has 0 aliphatic heterocycles. The Morgan fingerprint density at radius 3 is 2.65 bits per heavy atom. The number of aliphatic hydroxyl groups is 2. The van der Waals surface area contributed by atoms with Gasteiger partial charge < -0.3 is 20.4 Å². The normalized spacial score (nSPS) is 12.4. The van der Waals surface area contributed by atoms with Crippen molar-refractivity contribution in [1.82, 2.24) is 4.98 Å². The average molecular weight is 369 g/mol. The highest BCUT2D eigenvalue weighted by Gasteiger charge is 2.19. The number of aliphatic hydroxyl groups excluding tert-OH is 2. The first kappa shape index (κ1) is 19.7. The Morgan fingerprint density at radius 1 is 1.27 bits per heavy atom. The van der Waals surface area contributed by atoms with Crippen LogP contribution in [0.15, 0.2) is 23.5 Å². The summed E-state index contributed by atoms with van der Waals surface area (Å²) < 4.78 is 41.4. The Balaban J connectivity index is 2.34. The first-order valence-electron chi connectivity index (χ1n) is 7.65. The van der Waals surface area contributed by atoms with Crippen LogP contribution in [0, 0.1) is 31.3 Å². The first-order chi connectivity index (χ1) is 12.3. The molecule has 1 unspecified atom stereocenters. The van der Waals surface area contributed by atoms with Crippen LogP contribution in [0.5, 0.6) is 0 Å². The van der Waals surface area contributed by atoms with E-state index in [9.17, 15) is 13.2 Å². The number of nitrogens with one attached hydrogen (secondary N) is 1. The highest BCUT2D eigenvalue weighted by molar-refractivity contribution is 5.89. The summed E-state index contributed by atoms with van der Waals surface area (Å²) in [6.45, 7) is 2.71. The maximum atomic E-state index is 14.2. The maximum Gasteiger partial charge on any atom is 0.196 e. The molecule has 1 atom stereocenters. The van der Waals surface area contributed by atoms with Crippen molar-refractivity contribution in [3.8, 4) is 0 Å². The quantitative estimate of drug-likeness (QED) is 0.397. The summed E-state index contributed by atoms with van der Waals surface area (Å²) in [4.78, 5) is 8.83. The second kappa shape index (κ2) is 8.63. The van der Waals surface area contributed by atoms with Crippen molar-refractivity contribution >= 4 is 17.7 Å². The van der Waals surface area contributed by atoms with Crippen molar-refractivity contribution in [2.75, 3.05) is 18.5 Å². The number of hydrogen-bond donors (Lipinski definition) is 3. The van der Waals surface area contributed by atoms with Gasteiger partial charge in [0.05, 0.1) is 18.5 Å². The summed E-state index contributed by atoms with van der Waals surface area (Å²) in [5.41, 5.74) is 1.08. The van der Waals surface area contributed by atoms with Crippen molar-refractivity contribution in [1.29, 1.82) is 0 Å². The highest BCUT2D eigenvalue weighted by Crippen LogP contribution is 2.28. The number of aromatic nitrogens is 1. The number of nitrogens with zero attached hydrogens (tertiary/aromatic N) is 2. The van der Waals surface area contributed by atoms with Crippen molar-refractivity contribution in [2.24, 2.45) is 5.16 Å². The smallest absolute Gasteiger partial charge is 0.196 e. The molecular weight excluding hydrogens is 351 g/mol. The minimum atomic E-state index is -1.63. The number of hydrogen-bond acceptors (Lipinski definition) is 6. The summed E-state index contributed by atoms with van der Waals surface area (Å²) in [6, 6.07) is 2.54. The van der Waals surface area contributed by atoms with E-state index in [1.54, 1.807) is 19.2 Å². The predicted molar refractivity (Wildman–Crippen MR) is 89.9 cm³/mol. The van der Waals surface area contributed by atoms with Gasteiger partial charge in [-0.25, -0.2) is 18.2 Å². The van der Waals surface area contributed by atoms with Crippen LogP contribution in [0.3, 0.4) is 0 Å². The lowest BCUT2D eigenvalue weighted by Crippen LogP contribution is -2.17. The van der Waals surface area contributed by atoms with Crippen molar-refractivity contribution in [2.45, 2.75) is 20.0 Å². The number of oxime groups is 1. The van der Waals surface area contributed by atoms with Crippen LogP contribution in [0.1, 0.15) is 16.7 Å². The lowest BCUT2D eigenvalue weighted by Gasteiger charge is -2.13. The fraction of sp³-hybridized carbons (Fsp3) is 0.294. The number of rotatable bonds is 7. The lowest BCUT2D eigenvalue weighted by molar-refractivity contribution is 0.00884. The second-order valence-electron chi connectivity index (χ2n) is 5.62. The van der Waals surface area contributed by atoms with Gasteiger partial charge in [0, 0.05) is 11.8 Å². The zero-order valence-electron chi connectivity index (χ0n) is 14.1. The van der Waals surface area contributed by atoms with Gasteiger partial charge in [-0.05, 0) is 31.0 Å². The standard InChI is InChI=1S/C17H18F3N3O3/c1-9-3-10(2)17(21-5-9)23-16-11(4-13(18)14(19)15(16)20)6-22-26-8-12(25)7-24/h3-6,12,24-25H,7-8H2,1-2H3,(H,21,23)/b22-6+. The molecule has 26 heavy (non-hydrogen) atoms. The van der Waals surface area contributed by atoms with E-state index in [1.165, 1.54) is 0 Å². The van der Waals surface area contributed by atoms with E-state index in [0.29, 0.717) is 5.56 Å². The Labute approximate surface area is 147 Å². The SMILES string of the molecule is Cc1cnc(Nc2c(/C=N/OCC(O)CO)cc(F)c(F)c2F)c(C)c1. The van der Waals surface area contributed by atoms with E-state index in [0.717, 1.165) is 17.8 Å². The number of benzene rings is 1. The average Bonchev–Trinajstić information content (AvgIpc) is 2.61. The van der Waals surface area contributed by atoms with E-state index in [-0.39, 0.29) is 23.7 Å². The molecule has 2 rings (SSSR count).